The molecule has 0 bridgehead atoms. The summed E-state index contributed by atoms with van der Waals surface area (Å²) in [5, 5.41) is 10.4. The molecular formula is C23H30N2O6S. The normalized spacial score (nSPS) is 18.1. The van der Waals surface area contributed by atoms with E-state index in [2.05, 4.69) is 4.90 Å². The standard InChI is InChI=1S/C23H30N2O6S/c1-17-3-6-23(18(2)11-17)32(27,28)25-9-7-24(8-10-25)13-20(26)15-29-14-19-4-5-21-22(12-19)31-16-30-21/h3-6,11-12,20,26H,7-10,13-16H2,1-2H3/t20-/m0/s1. The van der Waals surface area contributed by atoms with Crippen LogP contribution < -0.4 is 9.47 Å². The topological polar surface area (TPSA) is 88.5 Å². The average Bonchev–Trinajstić information content (AvgIpc) is 3.22. The van der Waals surface area contributed by atoms with Gasteiger partial charge in [0.2, 0.25) is 16.8 Å². The van der Waals surface area contributed by atoms with Crippen molar-refractivity contribution in [2.24, 2.45) is 0 Å². The van der Waals surface area contributed by atoms with Crippen LogP contribution >= 0.6 is 0 Å². The van der Waals surface area contributed by atoms with E-state index in [1.807, 2.05) is 44.2 Å². The lowest BCUT2D eigenvalue weighted by molar-refractivity contribution is 0.00536. The van der Waals surface area contributed by atoms with Gasteiger partial charge in [0.1, 0.15) is 0 Å². The minimum atomic E-state index is -3.51. The van der Waals surface area contributed by atoms with Gasteiger partial charge in [-0.3, -0.25) is 4.90 Å². The van der Waals surface area contributed by atoms with Crippen LogP contribution in [-0.4, -0.2) is 75.0 Å². The maximum atomic E-state index is 13.0. The van der Waals surface area contributed by atoms with Crippen LogP contribution in [0.1, 0.15) is 16.7 Å². The van der Waals surface area contributed by atoms with Crippen LogP contribution in [-0.2, 0) is 21.4 Å². The second-order valence-electron chi connectivity index (χ2n) is 8.33. The molecule has 2 aliphatic rings. The van der Waals surface area contributed by atoms with Gasteiger partial charge in [0, 0.05) is 32.7 Å². The van der Waals surface area contributed by atoms with E-state index in [9.17, 15) is 13.5 Å². The molecule has 1 saturated heterocycles. The van der Waals surface area contributed by atoms with Gasteiger partial charge < -0.3 is 19.3 Å². The summed E-state index contributed by atoms with van der Waals surface area (Å²) in [6.07, 6.45) is -0.647. The lowest BCUT2D eigenvalue weighted by atomic mass is 10.2. The molecule has 2 aromatic carbocycles. The second-order valence-corrected chi connectivity index (χ2v) is 10.2. The molecule has 0 amide bonds. The summed E-state index contributed by atoms with van der Waals surface area (Å²) in [4.78, 5) is 2.44. The Bertz CT molecular complexity index is 1050. The van der Waals surface area contributed by atoms with Gasteiger partial charge in [0.25, 0.3) is 0 Å². The number of hydrogen-bond donors (Lipinski definition) is 1. The van der Waals surface area contributed by atoms with Gasteiger partial charge in [-0.05, 0) is 43.2 Å². The van der Waals surface area contributed by atoms with E-state index in [0.29, 0.717) is 50.0 Å². The molecule has 174 valence electrons. The predicted octanol–water partition coefficient (Wildman–Crippen LogP) is 1.92. The minimum absolute atomic E-state index is 0.204. The van der Waals surface area contributed by atoms with Crippen LogP contribution in [0, 0.1) is 13.8 Å². The highest BCUT2D eigenvalue weighted by Gasteiger charge is 2.30. The number of aryl methyl sites for hydroxylation is 2. The summed E-state index contributed by atoms with van der Waals surface area (Å²) in [6, 6.07) is 11.1. The highest BCUT2D eigenvalue weighted by Crippen LogP contribution is 2.32. The zero-order valence-corrected chi connectivity index (χ0v) is 19.3. The molecule has 0 aromatic heterocycles. The number of hydrogen-bond acceptors (Lipinski definition) is 7. The van der Waals surface area contributed by atoms with E-state index in [0.717, 1.165) is 22.4 Å². The molecule has 0 radical (unpaired) electrons. The van der Waals surface area contributed by atoms with Crippen molar-refractivity contribution in [3.63, 3.8) is 0 Å². The number of rotatable bonds is 8. The lowest BCUT2D eigenvalue weighted by Crippen LogP contribution is -2.50. The Balaban J connectivity index is 1.22. The van der Waals surface area contributed by atoms with E-state index < -0.39 is 16.1 Å². The first-order valence-corrected chi connectivity index (χ1v) is 12.2. The Morgan fingerprint density at radius 1 is 1.03 bits per heavy atom. The van der Waals surface area contributed by atoms with Gasteiger partial charge in [0.15, 0.2) is 11.5 Å². The highest BCUT2D eigenvalue weighted by atomic mass is 32.2. The Kier molecular flexibility index (Phi) is 7.02. The smallest absolute Gasteiger partial charge is 0.243 e. The fraction of sp³-hybridized carbons (Fsp3) is 0.478. The summed E-state index contributed by atoms with van der Waals surface area (Å²) in [7, 11) is -3.51. The van der Waals surface area contributed by atoms with Crippen molar-refractivity contribution >= 4 is 10.0 Å². The summed E-state index contributed by atoms with van der Waals surface area (Å²) in [5.74, 6) is 1.44. The molecule has 2 aromatic rings. The summed E-state index contributed by atoms with van der Waals surface area (Å²) >= 11 is 0. The number of ether oxygens (including phenoxy) is 3. The maximum absolute atomic E-state index is 13.0. The summed E-state index contributed by atoms with van der Waals surface area (Å²) in [6.45, 7) is 6.98. The monoisotopic (exact) mass is 462 g/mol. The van der Waals surface area contributed by atoms with E-state index in [1.54, 1.807) is 6.07 Å². The predicted molar refractivity (Wildman–Crippen MR) is 119 cm³/mol. The molecule has 4 rings (SSSR count). The van der Waals surface area contributed by atoms with Crippen LogP contribution in [0.15, 0.2) is 41.3 Å². The van der Waals surface area contributed by atoms with Gasteiger partial charge in [-0.1, -0.05) is 23.8 Å². The third-order valence-electron chi connectivity index (χ3n) is 5.76. The largest absolute Gasteiger partial charge is 0.454 e. The quantitative estimate of drug-likeness (QED) is 0.641. The van der Waals surface area contributed by atoms with E-state index >= 15 is 0 Å². The zero-order valence-electron chi connectivity index (χ0n) is 18.5. The van der Waals surface area contributed by atoms with Crippen molar-refractivity contribution in [1.29, 1.82) is 0 Å². The first kappa shape index (κ1) is 23.0. The van der Waals surface area contributed by atoms with Crippen molar-refractivity contribution in [2.75, 3.05) is 46.1 Å². The highest BCUT2D eigenvalue weighted by molar-refractivity contribution is 7.89. The van der Waals surface area contributed by atoms with Gasteiger partial charge in [-0.15, -0.1) is 0 Å². The van der Waals surface area contributed by atoms with Crippen LogP contribution in [0.3, 0.4) is 0 Å². The fourth-order valence-corrected chi connectivity index (χ4v) is 5.70. The van der Waals surface area contributed by atoms with Gasteiger partial charge in [-0.25, -0.2) is 8.42 Å². The first-order valence-electron chi connectivity index (χ1n) is 10.8. The van der Waals surface area contributed by atoms with Gasteiger partial charge in [0.05, 0.1) is 24.2 Å². The number of aliphatic hydroxyl groups is 1. The Labute approximate surface area is 189 Å². The summed E-state index contributed by atoms with van der Waals surface area (Å²) in [5.41, 5.74) is 2.76. The van der Waals surface area contributed by atoms with Gasteiger partial charge in [-0.2, -0.15) is 4.31 Å². The zero-order chi connectivity index (χ0) is 22.7. The average molecular weight is 463 g/mol. The van der Waals surface area contributed by atoms with Gasteiger partial charge >= 0.3 is 0 Å². The molecule has 2 aliphatic heterocycles. The Hall–Kier alpha value is -2.17. The molecule has 1 fully saturated rings. The van der Waals surface area contributed by atoms with Crippen LogP contribution in [0.4, 0.5) is 0 Å². The molecule has 0 aliphatic carbocycles. The molecule has 9 heteroatoms. The fourth-order valence-electron chi connectivity index (χ4n) is 4.07. The molecule has 0 saturated carbocycles. The van der Waals surface area contributed by atoms with E-state index in [-0.39, 0.29) is 13.4 Å². The summed E-state index contributed by atoms with van der Waals surface area (Å²) < 4.78 is 43.9. The van der Waals surface area contributed by atoms with Crippen LogP contribution in [0.2, 0.25) is 0 Å². The Morgan fingerprint density at radius 3 is 2.53 bits per heavy atom. The molecule has 8 nitrogen and oxygen atoms in total. The number of fused-ring (bicyclic) bond motifs is 1. The van der Waals surface area contributed by atoms with Crippen LogP contribution in [0.5, 0.6) is 11.5 Å². The van der Waals surface area contributed by atoms with E-state index in [1.165, 1.54) is 4.31 Å². The molecule has 32 heavy (non-hydrogen) atoms. The maximum Gasteiger partial charge on any atom is 0.243 e. The molecule has 1 N–H and O–H groups in total. The lowest BCUT2D eigenvalue weighted by Gasteiger charge is -2.35. The minimum Gasteiger partial charge on any atom is -0.454 e. The SMILES string of the molecule is Cc1ccc(S(=O)(=O)N2CCN(C[C@H](O)COCc3ccc4c(c3)OCO4)CC2)c(C)c1. The van der Waals surface area contributed by atoms with Crippen molar-refractivity contribution in [1.82, 2.24) is 9.21 Å². The molecule has 0 spiro atoms. The van der Waals surface area contributed by atoms with Crippen molar-refractivity contribution < 1.29 is 27.7 Å². The van der Waals surface area contributed by atoms with Crippen LogP contribution in [0.25, 0.3) is 0 Å². The second kappa shape index (κ2) is 9.76. The third kappa shape index (κ3) is 5.24. The first-order chi connectivity index (χ1) is 15.3. The number of benzene rings is 2. The molecule has 2 heterocycles. The molecular weight excluding hydrogens is 432 g/mol. The number of nitrogens with zero attached hydrogens (tertiary/aromatic N) is 2. The number of β-amino-alcohol motifs (C(OH)–C–C–N with tert-alkyl or cyclic N) is 1. The number of aliphatic hydroxyl groups excluding tert-OH is 1. The van der Waals surface area contributed by atoms with Crippen molar-refractivity contribution in [3.05, 3.63) is 53.1 Å². The van der Waals surface area contributed by atoms with Crippen molar-refractivity contribution in [3.8, 4) is 11.5 Å². The third-order valence-corrected chi connectivity index (χ3v) is 7.82. The Morgan fingerprint density at radius 2 is 1.78 bits per heavy atom. The number of sulfonamides is 1. The number of piperazine rings is 1. The van der Waals surface area contributed by atoms with E-state index in [4.69, 9.17) is 14.2 Å². The van der Waals surface area contributed by atoms with Crippen molar-refractivity contribution in [2.45, 2.75) is 31.5 Å². The molecule has 1 atom stereocenters. The molecule has 0 unspecified atom stereocenters.